The van der Waals surface area contributed by atoms with Gasteiger partial charge in [-0.3, -0.25) is 14.4 Å². The van der Waals surface area contributed by atoms with Crippen LogP contribution in [0.15, 0.2) is 0 Å². The van der Waals surface area contributed by atoms with Crippen LogP contribution in [0.3, 0.4) is 0 Å². The molecule has 0 saturated heterocycles. The maximum atomic E-state index is 11.7. The largest absolute Gasteiger partial charge is 0.463 e. The quantitative estimate of drug-likeness (QED) is 0.135. The molecule has 0 aromatic rings. The smallest absolute Gasteiger partial charge is 0.313 e. The molecule has 5 nitrogen and oxygen atoms in total. The molecule has 0 aliphatic rings. The lowest BCUT2D eigenvalue weighted by Crippen LogP contribution is -2.14. The van der Waals surface area contributed by atoms with Gasteiger partial charge in [-0.1, -0.05) is 84.0 Å². The van der Waals surface area contributed by atoms with E-state index in [-0.39, 0.29) is 24.9 Å². The predicted octanol–water partition coefficient (Wildman–Crippen LogP) is 6.66. The lowest BCUT2D eigenvalue weighted by molar-refractivity contribution is -0.159. The highest BCUT2D eigenvalue weighted by Gasteiger charge is 2.12. The first-order valence-corrected chi connectivity index (χ1v) is 11.9. The van der Waals surface area contributed by atoms with E-state index in [0.29, 0.717) is 12.8 Å². The molecule has 0 saturated carbocycles. The van der Waals surface area contributed by atoms with Gasteiger partial charge in [-0.2, -0.15) is 0 Å². The van der Waals surface area contributed by atoms with Crippen molar-refractivity contribution in [1.82, 2.24) is 0 Å². The van der Waals surface area contributed by atoms with Crippen molar-refractivity contribution in [3.05, 3.63) is 0 Å². The molecule has 0 amide bonds. The van der Waals surface area contributed by atoms with Crippen molar-refractivity contribution in [2.75, 3.05) is 0 Å². The van der Waals surface area contributed by atoms with E-state index < -0.39 is 11.9 Å². The van der Waals surface area contributed by atoms with Crippen molar-refractivity contribution in [2.45, 2.75) is 136 Å². The van der Waals surface area contributed by atoms with E-state index in [1.165, 1.54) is 64.2 Å². The molecule has 0 aliphatic heterocycles. The van der Waals surface area contributed by atoms with Gasteiger partial charge >= 0.3 is 17.9 Å². The first-order valence-electron chi connectivity index (χ1n) is 11.9. The Morgan fingerprint density at radius 1 is 0.552 bits per heavy atom. The molecule has 0 rings (SSSR count). The van der Waals surface area contributed by atoms with Crippen LogP contribution in [0.5, 0.6) is 0 Å². The Morgan fingerprint density at radius 3 is 1.38 bits per heavy atom. The summed E-state index contributed by atoms with van der Waals surface area (Å²) in [6.07, 6.45) is 17.0. The molecule has 170 valence electrons. The second kappa shape index (κ2) is 19.9. The highest BCUT2D eigenvalue weighted by molar-refractivity contribution is 5.85. The summed E-state index contributed by atoms with van der Waals surface area (Å²) in [5.74, 6) is -1.34. The standard InChI is InChI=1S/C24H44O5/c1-4-5-6-7-8-9-10-11-12-13-14-15-16-18-23(26)29-24(27)20-17-19-22(25)28-21(2)3/h21H,4-20H2,1-3H3. The fourth-order valence-corrected chi connectivity index (χ4v) is 3.22. The molecule has 5 heteroatoms. The van der Waals surface area contributed by atoms with Gasteiger partial charge in [-0.15, -0.1) is 0 Å². The van der Waals surface area contributed by atoms with Crippen LogP contribution in [-0.4, -0.2) is 24.0 Å². The van der Waals surface area contributed by atoms with Gasteiger partial charge in [0.2, 0.25) is 0 Å². The fourth-order valence-electron chi connectivity index (χ4n) is 3.22. The molecule has 0 spiro atoms. The van der Waals surface area contributed by atoms with Crippen LogP contribution in [0, 0.1) is 0 Å². The van der Waals surface area contributed by atoms with Crippen LogP contribution in [0.2, 0.25) is 0 Å². The number of unbranched alkanes of at least 4 members (excludes halogenated alkanes) is 12. The molecule has 0 aromatic carbocycles. The molecular formula is C24H44O5. The van der Waals surface area contributed by atoms with Crippen molar-refractivity contribution in [2.24, 2.45) is 0 Å². The van der Waals surface area contributed by atoms with Gasteiger partial charge in [0, 0.05) is 19.3 Å². The minimum Gasteiger partial charge on any atom is -0.463 e. The molecule has 0 aromatic heterocycles. The average Bonchev–Trinajstić information content (AvgIpc) is 2.64. The number of carbonyl (C=O) groups is 3. The van der Waals surface area contributed by atoms with E-state index in [1.54, 1.807) is 13.8 Å². The van der Waals surface area contributed by atoms with Crippen molar-refractivity contribution in [3.8, 4) is 0 Å². The van der Waals surface area contributed by atoms with E-state index in [9.17, 15) is 14.4 Å². The molecule has 29 heavy (non-hydrogen) atoms. The Kier molecular flexibility index (Phi) is 19.0. The molecule has 0 fully saturated rings. The second-order valence-corrected chi connectivity index (χ2v) is 8.23. The van der Waals surface area contributed by atoms with E-state index in [4.69, 9.17) is 9.47 Å². The van der Waals surface area contributed by atoms with Crippen LogP contribution in [0.25, 0.3) is 0 Å². The van der Waals surface area contributed by atoms with E-state index in [2.05, 4.69) is 6.92 Å². The zero-order chi connectivity index (χ0) is 21.7. The van der Waals surface area contributed by atoms with E-state index in [1.807, 2.05) is 0 Å². The maximum Gasteiger partial charge on any atom is 0.313 e. The third-order valence-corrected chi connectivity index (χ3v) is 4.84. The highest BCUT2D eigenvalue weighted by Crippen LogP contribution is 2.13. The summed E-state index contributed by atoms with van der Waals surface area (Å²) < 4.78 is 9.78. The van der Waals surface area contributed by atoms with Gasteiger partial charge in [0.1, 0.15) is 0 Å². The predicted molar refractivity (Wildman–Crippen MR) is 116 cm³/mol. The molecule has 0 aliphatic carbocycles. The van der Waals surface area contributed by atoms with Crippen molar-refractivity contribution < 1.29 is 23.9 Å². The second-order valence-electron chi connectivity index (χ2n) is 8.23. The average molecular weight is 413 g/mol. The summed E-state index contributed by atoms with van der Waals surface area (Å²) in [4.78, 5) is 34.6. The first-order chi connectivity index (χ1) is 14.0. The monoisotopic (exact) mass is 412 g/mol. The number of hydrogen-bond donors (Lipinski definition) is 0. The van der Waals surface area contributed by atoms with Crippen molar-refractivity contribution in [3.63, 3.8) is 0 Å². The zero-order valence-electron chi connectivity index (χ0n) is 19.1. The number of carbonyl (C=O) groups excluding carboxylic acids is 3. The number of esters is 3. The minimum absolute atomic E-state index is 0.0670. The first kappa shape index (κ1) is 27.6. The molecule has 0 bridgehead atoms. The number of ether oxygens (including phenoxy) is 2. The third kappa shape index (κ3) is 21.1. The molecule has 0 heterocycles. The van der Waals surface area contributed by atoms with Gasteiger partial charge in [0.25, 0.3) is 0 Å². The lowest BCUT2D eigenvalue weighted by atomic mass is 10.0. The zero-order valence-corrected chi connectivity index (χ0v) is 19.1. The van der Waals surface area contributed by atoms with Crippen LogP contribution in [0.1, 0.15) is 130 Å². The van der Waals surface area contributed by atoms with Crippen LogP contribution < -0.4 is 0 Å². The van der Waals surface area contributed by atoms with E-state index in [0.717, 1.165) is 19.3 Å². The molecule has 0 unspecified atom stereocenters. The summed E-state index contributed by atoms with van der Waals surface area (Å²) in [5.41, 5.74) is 0. The van der Waals surface area contributed by atoms with Gasteiger partial charge in [-0.25, -0.2) is 0 Å². The van der Waals surface area contributed by atoms with E-state index >= 15 is 0 Å². The fraction of sp³-hybridized carbons (Fsp3) is 0.875. The number of rotatable bonds is 19. The number of hydrogen-bond acceptors (Lipinski definition) is 5. The van der Waals surface area contributed by atoms with Gasteiger partial charge in [0.05, 0.1) is 6.10 Å². The molecule has 0 radical (unpaired) electrons. The van der Waals surface area contributed by atoms with Crippen LogP contribution >= 0.6 is 0 Å². The lowest BCUT2D eigenvalue weighted by Gasteiger charge is -2.07. The Bertz CT molecular complexity index is 431. The highest BCUT2D eigenvalue weighted by atomic mass is 16.6. The summed E-state index contributed by atoms with van der Waals surface area (Å²) in [7, 11) is 0. The Balaban J connectivity index is 3.40. The summed E-state index contributed by atoms with van der Waals surface area (Å²) >= 11 is 0. The molecule has 0 N–H and O–H groups in total. The summed E-state index contributed by atoms with van der Waals surface area (Å²) in [5, 5.41) is 0. The topological polar surface area (TPSA) is 69.7 Å². The SMILES string of the molecule is CCCCCCCCCCCCCCCC(=O)OC(=O)CCCC(=O)OC(C)C. The van der Waals surface area contributed by atoms with Gasteiger partial charge < -0.3 is 9.47 Å². The Hall–Kier alpha value is -1.39. The van der Waals surface area contributed by atoms with Gasteiger partial charge in [-0.05, 0) is 26.7 Å². The summed E-state index contributed by atoms with van der Waals surface area (Å²) in [6, 6.07) is 0. The van der Waals surface area contributed by atoms with Crippen LogP contribution in [0.4, 0.5) is 0 Å². The van der Waals surface area contributed by atoms with Crippen LogP contribution in [-0.2, 0) is 23.9 Å². The van der Waals surface area contributed by atoms with Crippen molar-refractivity contribution in [1.29, 1.82) is 0 Å². The van der Waals surface area contributed by atoms with Crippen molar-refractivity contribution >= 4 is 17.9 Å². The minimum atomic E-state index is -0.554. The molecule has 0 atom stereocenters. The maximum absolute atomic E-state index is 11.7. The molecular weight excluding hydrogens is 368 g/mol. The Labute approximate surface area is 178 Å². The summed E-state index contributed by atoms with van der Waals surface area (Å²) in [6.45, 7) is 5.81. The normalized spacial score (nSPS) is 10.9. The third-order valence-electron chi connectivity index (χ3n) is 4.84. The Morgan fingerprint density at radius 2 is 0.931 bits per heavy atom. The van der Waals surface area contributed by atoms with Gasteiger partial charge in [0.15, 0.2) is 0 Å².